The maximum atomic E-state index is 10.8. The van der Waals surface area contributed by atoms with Gasteiger partial charge in [-0.3, -0.25) is 0 Å². The molecule has 1 unspecified atom stereocenters. The van der Waals surface area contributed by atoms with E-state index in [4.69, 9.17) is 0 Å². The van der Waals surface area contributed by atoms with E-state index in [0.717, 1.165) is 6.29 Å². The van der Waals surface area contributed by atoms with E-state index in [1.165, 1.54) is 6.26 Å². The van der Waals surface area contributed by atoms with Crippen molar-refractivity contribution in [2.45, 2.75) is 20.3 Å². The van der Waals surface area contributed by atoms with Crippen LogP contribution in [0.1, 0.15) is 20.3 Å². The van der Waals surface area contributed by atoms with Gasteiger partial charge in [-0.1, -0.05) is 13.5 Å². The molecule has 72 valence electrons. The number of allylic oxidation sites excluding steroid dienone is 1. The zero-order valence-corrected chi connectivity index (χ0v) is 7.95. The lowest BCUT2D eigenvalue weighted by Crippen LogP contribution is -1.99. The SMILES string of the molecule is C=C(C)C(=O)OC=CCC(C)C=O. The van der Waals surface area contributed by atoms with Gasteiger partial charge in [-0.05, 0) is 19.4 Å². The predicted octanol–water partition coefficient (Wildman–Crippen LogP) is 1.84. The maximum absolute atomic E-state index is 10.8. The molecule has 0 aromatic carbocycles. The molecule has 0 saturated heterocycles. The fourth-order valence-electron chi connectivity index (χ4n) is 0.536. The van der Waals surface area contributed by atoms with E-state index >= 15 is 0 Å². The fourth-order valence-corrected chi connectivity index (χ4v) is 0.536. The van der Waals surface area contributed by atoms with Gasteiger partial charge in [0.25, 0.3) is 0 Å². The second kappa shape index (κ2) is 6.17. The summed E-state index contributed by atoms with van der Waals surface area (Å²) in [5.74, 6) is -0.491. The average molecular weight is 182 g/mol. The van der Waals surface area contributed by atoms with Crippen molar-refractivity contribution in [3.63, 3.8) is 0 Å². The number of aldehydes is 1. The molecule has 0 aliphatic rings. The Hall–Kier alpha value is -1.38. The minimum atomic E-state index is -0.449. The third-order valence-electron chi connectivity index (χ3n) is 1.36. The summed E-state index contributed by atoms with van der Waals surface area (Å²) in [4.78, 5) is 21.0. The normalized spacial score (nSPS) is 12.5. The average Bonchev–Trinajstić information content (AvgIpc) is 2.11. The minimum absolute atomic E-state index is 0.0419. The van der Waals surface area contributed by atoms with Crippen molar-refractivity contribution in [2.75, 3.05) is 0 Å². The largest absolute Gasteiger partial charge is 0.431 e. The molecule has 0 radical (unpaired) electrons. The van der Waals surface area contributed by atoms with Gasteiger partial charge in [-0.2, -0.15) is 0 Å². The molecule has 0 aliphatic heterocycles. The zero-order chi connectivity index (χ0) is 10.3. The number of carbonyl (C=O) groups is 2. The van der Waals surface area contributed by atoms with E-state index in [9.17, 15) is 9.59 Å². The van der Waals surface area contributed by atoms with Gasteiger partial charge < -0.3 is 9.53 Å². The van der Waals surface area contributed by atoms with Gasteiger partial charge in [0.2, 0.25) is 0 Å². The number of hydrogen-bond donors (Lipinski definition) is 0. The molecule has 0 spiro atoms. The fraction of sp³-hybridized carbons (Fsp3) is 0.400. The second-order valence-corrected chi connectivity index (χ2v) is 2.91. The first-order valence-corrected chi connectivity index (χ1v) is 4.04. The number of esters is 1. The molecule has 0 N–H and O–H groups in total. The first kappa shape index (κ1) is 11.6. The molecule has 0 rings (SSSR count). The maximum Gasteiger partial charge on any atom is 0.337 e. The Balaban J connectivity index is 3.70. The van der Waals surface area contributed by atoms with Crippen LogP contribution in [0.3, 0.4) is 0 Å². The highest BCUT2D eigenvalue weighted by Gasteiger charge is 1.99. The Kier molecular flexibility index (Phi) is 5.52. The third kappa shape index (κ3) is 5.84. The molecule has 0 amide bonds. The van der Waals surface area contributed by atoms with Crippen LogP contribution in [0.25, 0.3) is 0 Å². The molecule has 3 heteroatoms. The van der Waals surface area contributed by atoms with Crippen molar-refractivity contribution in [1.29, 1.82) is 0 Å². The van der Waals surface area contributed by atoms with Crippen LogP contribution in [0.5, 0.6) is 0 Å². The van der Waals surface area contributed by atoms with E-state index in [0.29, 0.717) is 12.0 Å². The van der Waals surface area contributed by atoms with Crippen LogP contribution < -0.4 is 0 Å². The highest BCUT2D eigenvalue weighted by molar-refractivity contribution is 5.87. The van der Waals surface area contributed by atoms with E-state index in [2.05, 4.69) is 11.3 Å². The van der Waals surface area contributed by atoms with Gasteiger partial charge in [0, 0.05) is 11.5 Å². The molecule has 3 nitrogen and oxygen atoms in total. The Morgan fingerprint density at radius 3 is 2.69 bits per heavy atom. The number of ether oxygens (including phenoxy) is 1. The van der Waals surface area contributed by atoms with E-state index in [-0.39, 0.29) is 5.92 Å². The highest BCUT2D eigenvalue weighted by Crippen LogP contribution is 1.99. The Bertz CT molecular complexity index is 228. The van der Waals surface area contributed by atoms with Crippen molar-refractivity contribution in [2.24, 2.45) is 5.92 Å². The summed E-state index contributed by atoms with van der Waals surface area (Å²) < 4.78 is 4.66. The number of rotatable bonds is 5. The topological polar surface area (TPSA) is 43.4 Å². The lowest BCUT2D eigenvalue weighted by atomic mass is 10.1. The second-order valence-electron chi connectivity index (χ2n) is 2.91. The molecule has 0 aromatic heterocycles. The molecule has 0 fully saturated rings. The summed E-state index contributed by atoms with van der Waals surface area (Å²) in [6, 6.07) is 0. The number of carbonyl (C=O) groups excluding carboxylic acids is 2. The standard InChI is InChI=1S/C10H14O3/c1-8(2)10(12)13-6-4-5-9(3)7-11/h4,6-7,9H,1,5H2,2-3H3. The smallest absolute Gasteiger partial charge is 0.337 e. The molecule has 0 heterocycles. The lowest BCUT2D eigenvalue weighted by molar-refractivity contribution is -0.133. The molecule has 0 saturated carbocycles. The van der Waals surface area contributed by atoms with Crippen LogP contribution in [0, 0.1) is 5.92 Å². The first-order valence-electron chi connectivity index (χ1n) is 4.04. The van der Waals surface area contributed by atoms with Crippen molar-refractivity contribution in [3.05, 3.63) is 24.5 Å². The van der Waals surface area contributed by atoms with Crippen molar-refractivity contribution >= 4 is 12.3 Å². The van der Waals surface area contributed by atoms with Crippen molar-refractivity contribution < 1.29 is 14.3 Å². The lowest BCUT2D eigenvalue weighted by Gasteiger charge is -1.97. The van der Waals surface area contributed by atoms with Crippen LogP contribution in [0.4, 0.5) is 0 Å². The van der Waals surface area contributed by atoms with Crippen LogP contribution in [-0.2, 0) is 14.3 Å². The molecule has 0 bridgehead atoms. The quantitative estimate of drug-likeness (QED) is 0.282. The first-order chi connectivity index (χ1) is 6.07. The van der Waals surface area contributed by atoms with Crippen LogP contribution in [0.15, 0.2) is 24.5 Å². The summed E-state index contributed by atoms with van der Waals surface area (Å²) in [5.41, 5.74) is 0.355. The monoisotopic (exact) mass is 182 g/mol. The molecular formula is C10H14O3. The zero-order valence-electron chi connectivity index (χ0n) is 7.95. The van der Waals surface area contributed by atoms with Gasteiger partial charge >= 0.3 is 5.97 Å². The molecule has 0 aromatic rings. The van der Waals surface area contributed by atoms with Crippen LogP contribution in [0.2, 0.25) is 0 Å². The highest BCUT2D eigenvalue weighted by atomic mass is 16.5. The van der Waals surface area contributed by atoms with Gasteiger partial charge in [0.15, 0.2) is 0 Å². The van der Waals surface area contributed by atoms with Gasteiger partial charge in [-0.15, -0.1) is 0 Å². The van der Waals surface area contributed by atoms with Gasteiger partial charge in [0.05, 0.1) is 6.26 Å². The Morgan fingerprint density at radius 1 is 1.62 bits per heavy atom. The summed E-state index contributed by atoms with van der Waals surface area (Å²) >= 11 is 0. The van der Waals surface area contributed by atoms with E-state index in [1.807, 2.05) is 0 Å². The van der Waals surface area contributed by atoms with Crippen molar-refractivity contribution in [1.82, 2.24) is 0 Å². The van der Waals surface area contributed by atoms with E-state index < -0.39 is 5.97 Å². The summed E-state index contributed by atoms with van der Waals surface area (Å²) in [5, 5.41) is 0. The van der Waals surface area contributed by atoms with Crippen LogP contribution >= 0.6 is 0 Å². The Labute approximate surface area is 78.1 Å². The molecule has 13 heavy (non-hydrogen) atoms. The molecule has 1 atom stereocenters. The van der Waals surface area contributed by atoms with E-state index in [1.54, 1.807) is 19.9 Å². The third-order valence-corrected chi connectivity index (χ3v) is 1.36. The van der Waals surface area contributed by atoms with Gasteiger partial charge in [0.1, 0.15) is 6.29 Å². The molecular weight excluding hydrogens is 168 g/mol. The number of hydrogen-bond acceptors (Lipinski definition) is 3. The summed E-state index contributed by atoms with van der Waals surface area (Å²) in [6.07, 6.45) is 4.36. The van der Waals surface area contributed by atoms with Crippen molar-refractivity contribution in [3.8, 4) is 0 Å². The molecule has 0 aliphatic carbocycles. The Morgan fingerprint density at radius 2 is 2.23 bits per heavy atom. The minimum Gasteiger partial charge on any atom is -0.431 e. The predicted molar refractivity (Wildman–Crippen MR) is 49.9 cm³/mol. The summed E-state index contributed by atoms with van der Waals surface area (Å²) in [6.45, 7) is 6.78. The van der Waals surface area contributed by atoms with Gasteiger partial charge in [-0.25, -0.2) is 4.79 Å². The summed E-state index contributed by atoms with van der Waals surface area (Å²) in [7, 11) is 0. The van der Waals surface area contributed by atoms with Crippen LogP contribution in [-0.4, -0.2) is 12.3 Å².